The van der Waals surface area contributed by atoms with Gasteiger partial charge in [0.25, 0.3) is 0 Å². The third-order valence-corrected chi connectivity index (χ3v) is 4.17. The van der Waals surface area contributed by atoms with E-state index in [0.29, 0.717) is 5.92 Å². The van der Waals surface area contributed by atoms with E-state index < -0.39 is 0 Å². The van der Waals surface area contributed by atoms with Gasteiger partial charge in [-0.2, -0.15) is 0 Å². The molecule has 20 heavy (non-hydrogen) atoms. The zero-order valence-corrected chi connectivity index (χ0v) is 11.9. The Bertz CT molecular complexity index is 656. The summed E-state index contributed by atoms with van der Waals surface area (Å²) in [6.07, 6.45) is 1.82. The fraction of sp³-hybridized carbons (Fsp3) is 0.278. The third kappa shape index (κ3) is 2.22. The van der Waals surface area contributed by atoms with Crippen LogP contribution in [0.5, 0.6) is 0 Å². The lowest BCUT2D eigenvalue weighted by Crippen LogP contribution is -2.17. The molecule has 0 bridgehead atoms. The highest BCUT2D eigenvalue weighted by atomic mass is 16.4. The van der Waals surface area contributed by atoms with Crippen LogP contribution in [-0.4, -0.2) is 10.9 Å². The summed E-state index contributed by atoms with van der Waals surface area (Å²) < 4.78 is 0. The predicted octanol–water partition coefficient (Wildman–Crippen LogP) is 4.41. The van der Waals surface area contributed by atoms with Crippen LogP contribution < -0.4 is 0 Å². The van der Waals surface area contributed by atoms with Gasteiger partial charge in [-0.25, -0.2) is 0 Å². The summed E-state index contributed by atoms with van der Waals surface area (Å²) in [7, 11) is 0. The largest absolute Gasteiger partial charge is 0.411 e. The molecule has 0 amide bonds. The highest BCUT2D eigenvalue weighted by molar-refractivity contribution is 6.03. The molecule has 0 aliphatic heterocycles. The van der Waals surface area contributed by atoms with Crippen molar-refractivity contribution < 1.29 is 5.21 Å². The number of oxime groups is 1. The first-order valence-corrected chi connectivity index (χ1v) is 7.07. The van der Waals surface area contributed by atoms with Crippen molar-refractivity contribution >= 4 is 5.71 Å². The second kappa shape index (κ2) is 5.12. The molecule has 2 aromatic carbocycles. The average molecular weight is 265 g/mol. The van der Waals surface area contributed by atoms with E-state index in [2.05, 4.69) is 61.5 Å². The van der Waals surface area contributed by atoms with Gasteiger partial charge >= 0.3 is 0 Å². The lowest BCUT2D eigenvalue weighted by Gasteiger charge is -2.27. The molecule has 0 aromatic heterocycles. The third-order valence-electron chi connectivity index (χ3n) is 4.17. The van der Waals surface area contributed by atoms with Gasteiger partial charge in [0.1, 0.15) is 0 Å². The Balaban J connectivity index is 2.10. The summed E-state index contributed by atoms with van der Waals surface area (Å²) >= 11 is 0. The number of hydrogen-bond acceptors (Lipinski definition) is 2. The van der Waals surface area contributed by atoms with Crippen molar-refractivity contribution in [2.75, 3.05) is 0 Å². The second-order valence-corrected chi connectivity index (χ2v) is 5.64. The van der Waals surface area contributed by atoms with Gasteiger partial charge in [-0.3, -0.25) is 0 Å². The zero-order valence-electron chi connectivity index (χ0n) is 11.9. The van der Waals surface area contributed by atoms with Gasteiger partial charge in [-0.05, 0) is 43.9 Å². The summed E-state index contributed by atoms with van der Waals surface area (Å²) in [5, 5.41) is 12.7. The van der Waals surface area contributed by atoms with Crippen LogP contribution in [0.4, 0.5) is 0 Å². The van der Waals surface area contributed by atoms with Crippen molar-refractivity contribution in [3.63, 3.8) is 0 Å². The van der Waals surface area contributed by atoms with Gasteiger partial charge in [0.2, 0.25) is 0 Å². The van der Waals surface area contributed by atoms with Crippen molar-refractivity contribution in [3.05, 3.63) is 70.3 Å². The molecule has 0 spiro atoms. The number of hydrogen-bond donors (Lipinski definition) is 1. The van der Waals surface area contributed by atoms with Gasteiger partial charge in [-0.1, -0.05) is 52.7 Å². The Hall–Kier alpha value is -2.09. The Kier molecular flexibility index (Phi) is 3.31. The maximum absolute atomic E-state index is 9.21. The van der Waals surface area contributed by atoms with Gasteiger partial charge in [0.15, 0.2) is 0 Å². The normalized spacial score (nSPS) is 19.9. The summed E-state index contributed by atoms with van der Waals surface area (Å²) in [6.45, 7) is 4.18. The van der Waals surface area contributed by atoms with Crippen LogP contribution in [0.15, 0.2) is 47.6 Å². The smallest absolute Gasteiger partial charge is 0.0871 e. The molecule has 0 fully saturated rings. The van der Waals surface area contributed by atoms with Crippen molar-refractivity contribution in [2.24, 2.45) is 5.16 Å². The van der Waals surface area contributed by atoms with E-state index in [1.165, 1.54) is 22.3 Å². The molecule has 0 heterocycles. The van der Waals surface area contributed by atoms with Gasteiger partial charge in [-0.15, -0.1) is 0 Å². The minimum atomic E-state index is 0.400. The topological polar surface area (TPSA) is 32.6 Å². The Morgan fingerprint density at radius 1 is 1.00 bits per heavy atom. The van der Waals surface area contributed by atoms with E-state index in [4.69, 9.17) is 0 Å². The van der Waals surface area contributed by atoms with Gasteiger partial charge in [0.05, 0.1) is 5.71 Å². The fourth-order valence-corrected chi connectivity index (χ4v) is 3.04. The minimum Gasteiger partial charge on any atom is -0.411 e. The Labute approximate surface area is 119 Å². The van der Waals surface area contributed by atoms with Crippen molar-refractivity contribution in [1.29, 1.82) is 0 Å². The summed E-state index contributed by atoms with van der Waals surface area (Å²) in [5.41, 5.74) is 7.02. The number of fused-ring (bicyclic) bond motifs is 1. The quantitative estimate of drug-likeness (QED) is 0.601. The predicted molar refractivity (Wildman–Crippen MR) is 81.8 cm³/mol. The number of nitrogens with zero attached hydrogens (tertiary/aromatic N) is 1. The fourth-order valence-electron chi connectivity index (χ4n) is 3.04. The van der Waals surface area contributed by atoms with Crippen LogP contribution in [0.1, 0.15) is 46.6 Å². The van der Waals surface area contributed by atoms with Gasteiger partial charge < -0.3 is 5.21 Å². The van der Waals surface area contributed by atoms with Crippen LogP contribution in [0.25, 0.3) is 0 Å². The Morgan fingerprint density at radius 3 is 2.40 bits per heavy atom. The number of rotatable bonds is 1. The van der Waals surface area contributed by atoms with Crippen molar-refractivity contribution in [2.45, 2.75) is 32.6 Å². The van der Waals surface area contributed by atoms with E-state index in [1.54, 1.807) is 0 Å². The summed E-state index contributed by atoms with van der Waals surface area (Å²) in [6, 6.07) is 15.2. The summed E-state index contributed by atoms with van der Waals surface area (Å²) in [4.78, 5) is 0. The average Bonchev–Trinajstić information content (AvgIpc) is 2.47. The first-order valence-electron chi connectivity index (χ1n) is 7.07. The molecule has 1 N–H and O–H groups in total. The second-order valence-electron chi connectivity index (χ2n) is 5.64. The number of benzene rings is 2. The lowest BCUT2D eigenvalue weighted by molar-refractivity contribution is 0.317. The van der Waals surface area contributed by atoms with E-state index in [1.807, 2.05) is 0 Å². The zero-order chi connectivity index (χ0) is 14.1. The first kappa shape index (κ1) is 12.9. The molecule has 102 valence electrons. The lowest BCUT2D eigenvalue weighted by atomic mass is 9.77. The summed E-state index contributed by atoms with van der Waals surface area (Å²) in [5.74, 6) is 0.400. The molecule has 1 atom stereocenters. The molecular formula is C18H19NO. The SMILES string of the molecule is Cc1ccc([C@@H]2CC/C(=N/O)c3cc(C)ccc32)cc1. The van der Waals surface area contributed by atoms with Crippen molar-refractivity contribution in [3.8, 4) is 0 Å². The van der Waals surface area contributed by atoms with Gasteiger partial charge in [0, 0.05) is 11.5 Å². The molecule has 1 aliphatic carbocycles. The highest BCUT2D eigenvalue weighted by Gasteiger charge is 2.25. The maximum Gasteiger partial charge on any atom is 0.0871 e. The molecule has 3 rings (SSSR count). The van der Waals surface area contributed by atoms with Crippen LogP contribution in [0.3, 0.4) is 0 Å². The van der Waals surface area contributed by atoms with E-state index in [9.17, 15) is 5.21 Å². The van der Waals surface area contributed by atoms with E-state index in [-0.39, 0.29) is 0 Å². The molecule has 0 unspecified atom stereocenters. The molecule has 2 nitrogen and oxygen atoms in total. The molecule has 2 heteroatoms. The number of aryl methyl sites for hydroxylation is 2. The monoisotopic (exact) mass is 265 g/mol. The highest BCUT2D eigenvalue weighted by Crippen LogP contribution is 2.37. The molecular weight excluding hydrogens is 246 g/mol. The van der Waals surface area contributed by atoms with Crippen LogP contribution in [-0.2, 0) is 0 Å². The molecule has 1 aliphatic rings. The van der Waals surface area contributed by atoms with Crippen LogP contribution >= 0.6 is 0 Å². The Morgan fingerprint density at radius 2 is 1.70 bits per heavy atom. The molecule has 0 radical (unpaired) electrons. The minimum absolute atomic E-state index is 0.400. The molecule has 0 saturated heterocycles. The van der Waals surface area contributed by atoms with E-state index in [0.717, 1.165) is 24.1 Å². The first-order chi connectivity index (χ1) is 9.69. The molecule has 0 saturated carbocycles. The van der Waals surface area contributed by atoms with Crippen molar-refractivity contribution in [1.82, 2.24) is 0 Å². The standard InChI is InChI=1S/C18H19NO/c1-12-3-6-14(7-4-12)15-9-10-18(19-20)17-11-13(2)5-8-16(15)17/h3-8,11,15,20H,9-10H2,1-2H3/b19-18-/t15-/m0/s1. The van der Waals surface area contributed by atoms with E-state index >= 15 is 0 Å². The maximum atomic E-state index is 9.21. The molecule has 2 aromatic rings. The van der Waals surface area contributed by atoms with Crippen LogP contribution in [0, 0.1) is 13.8 Å². The van der Waals surface area contributed by atoms with Crippen LogP contribution in [0.2, 0.25) is 0 Å².